The summed E-state index contributed by atoms with van der Waals surface area (Å²) in [5.74, 6) is 1.00. The minimum atomic E-state index is -0.398. The van der Waals surface area contributed by atoms with Gasteiger partial charge in [-0.3, -0.25) is 10.1 Å². The average molecular weight is 248 g/mol. The van der Waals surface area contributed by atoms with Gasteiger partial charge in [0.15, 0.2) is 0 Å². The highest BCUT2D eigenvalue weighted by Crippen LogP contribution is 2.40. The maximum atomic E-state index is 10.7. The summed E-state index contributed by atoms with van der Waals surface area (Å²) in [5, 5.41) is 19.9. The predicted octanol–water partition coefficient (Wildman–Crippen LogP) is 2.93. The van der Waals surface area contributed by atoms with Crippen molar-refractivity contribution in [1.82, 2.24) is 0 Å². The van der Waals surface area contributed by atoms with Crippen LogP contribution in [0.1, 0.15) is 18.4 Å². The van der Waals surface area contributed by atoms with Crippen molar-refractivity contribution in [3.8, 4) is 6.07 Å². The molecule has 0 aliphatic carbocycles. The summed E-state index contributed by atoms with van der Waals surface area (Å²) < 4.78 is -0.380. The van der Waals surface area contributed by atoms with E-state index in [0.717, 1.165) is 24.2 Å². The second-order valence-electron chi connectivity index (χ2n) is 4.16. The van der Waals surface area contributed by atoms with Crippen LogP contribution in [0, 0.1) is 21.4 Å². The van der Waals surface area contributed by atoms with E-state index in [9.17, 15) is 15.4 Å². The third-order valence-corrected chi connectivity index (χ3v) is 4.40. The Hall–Kier alpha value is -1.54. The molecule has 88 valence electrons. The largest absolute Gasteiger partial charge is 0.269 e. The molecule has 1 atom stereocenters. The molecule has 1 heterocycles. The van der Waals surface area contributed by atoms with E-state index < -0.39 is 4.92 Å². The van der Waals surface area contributed by atoms with Crippen LogP contribution in [0.4, 0.5) is 5.69 Å². The van der Waals surface area contributed by atoms with E-state index in [1.54, 1.807) is 23.9 Å². The maximum absolute atomic E-state index is 10.7. The Morgan fingerprint density at radius 3 is 3.00 bits per heavy atom. The van der Waals surface area contributed by atoms with Gasteiger partial charge in [0.1, 0.15) is 4.75 Å². The molecular weight excluding hydrogens is 236 g/mol. The normalized spacial score (nSPS) is 23.2. The Kier molecular flexibility index (Phi) is 3.34. The molecule has 17 heavy (non-hydrogen) atoms. The third kappa shape index (κ3) is 2.59. The van der Waals surface area contributed by atoms with Gasteiger partial charge in [-0.2, -0.15) is 5.26 Å². The standard InChI is InChI=1S/C12H12N2O2S/c13-9-12(5-2-6-17-12)8-10-3-1-4-11(7-10)14(15)16/h1,3-4,7H,2,5-6,8H2. The number of nitriles is 1. The van der Waals surface area contributed by atoms with Crippen LogP contribution in [0.3, 0.4) is 0 Å². The van der Waals surface area contributed by atoms with Gasteiger partial charge in [0.25, 0.3) is 5.69 Å². The number of rotatable bonds is 3. The summed E-state index contributed by atoms with van der Waals surface area (Å²) >= 11 is 1.67. The summed E-state index contributed by atoms with van der Waals surface area (Å²) in [6, 6.07) is 8.94. The van der Waals surface area contributed by atoms with Gasteiger partial charge in [-0.05, 0) is 24.2 Å². The van der Waals surface area contributed by atoms with Gasteiger partial charge in [0, 0.05) is 18.6 Å². The van der Waals surface area contributed by atoms with Crippen molar-refractivity contribution < 1.29 is 4.92 Å². The van der Waals surface area contributed by atoms with Gasteiger partial charge in [-0.1, -0.05) is 12.1 Å². The van der Waals surface area contributed by atoms with Crippen LogP contribution >= 0.6 is 11.8 Å². The molecule has 0 bridgehead atoms. The Balaban J connectivity index is 2.21. The highest BCUT2D eigenvalue weighted by Gasteiger charge is 2.35. The molecule has 0 aromatic heterocycles. The van der Waals surface area contributed by atoms with Crippen molar-refractivity contribution in [1.29, 1.82) is 5.26 Å². The Morgan fingerprint density at radius 1 is 1.59 bits per heavy atom. The van der Waals surface area contributed by atoms with Crippen molar-refractivity contribution in [3.05, 3.63) is 39.9 Å². The molecule has 4 nitrogen and oxygen atoms in total. The monoisotopic (exact) mass is 248 g/mol. The van der Waals surface area contributed by atoms with Crippen LogP contribution in [0.2, 0.25) is 0 Å². The van der Waals surface area contributed by atoms with Crippen LogP contribution < -0.4 is 0 Å². The number of non-ortho nitro benzene ring substituents is 1. The van der Waals surface area contributed by atoms with E-state index >= 15 is 0 Å². The molecule has 0 spiro atoms. The minimum Gasteiger partial charge on any atom is -0.258 e. The fraction of sp³-hybridized carbons (Fsp3) is 0.417. The molecule has 1 unspecified atom stereocenters. The van der Waals surface area contributed by atoms with Crippen LogP contribution in [-0.4, -0.2) is 15.4 Å². The van der Waals surface area contributed by atoms with Crippen molar-refractivity contribution in [2.75, 3.05) is 5.75 Å². The molecule has 1 saturated heterocycles. The molecule has 2 rings (SSSR count). The molecule has 1 aromatic rings. The zero-order chi connectivity index (χ0) is 12.3. The maximum Gasteiger partial charge on any atom is 0.269 e. The second kappa shape index (κ2) is 4.76. The number of nitro benzene ring substituents is 1. The van der Waals surface area contributed by atoms with Crippen molar-refractivity contribution in [2.45, 2.75) is 24.0 Å². The zero-order valence-corrected chi connectivity index (χ0v) is 10.1. The molecule has 1 aliphatic heterocycles. The molecule has 5 heteroatoms. The topological polar surface area (TPSA) is 66.9 Å². The Morgan fingerprint density at radius 2 is 2.41 bits per heavy atom. The lowest BCUT2D eigenvalue weighted by Gasteiger charge is -2.18. The first-order valence-corrected chi connectivity index (χ1v) is 6.42. The quantitative estimate of drug-likeness (QED) is 0.609. The number of hydrogen-bond donors (Lipinski definition) is 0. The van der Waals surface area contributed by atoms with E-state index in [1.807, 2.05) is 6.07 Å². The second-order valence-corrected chi connectivity index (χ2v) is 5.64. The molecular formula is C12H12N2O2S. The lowest BCUT2D eigenvalue weighted by molar-refractivity contribution is -0.384. The van der Waals surface area contributed by atoms with Crippen molar-refractivity contribution in [2.24, 2.45) is 0 Å². The molecule has 0 N–H and O–H groups in total. The van der Waals surface area contributed by atoms with Gasteiger partial charge in [-0.25, -0.2) is 0 Å². The molecule has 1 fully saturated rings. The first-order chi connectivity index (χ1) is 8.15. The average Bonchev–Trinajstić information content (AvgIpc) is 2.78. The van der Waals surface area contributed by atoms with Crippen LogP contribution in [0.25, 0.3) is 0 Å². The highest BCUT2D eigenvalue weighted by atomic mass is 32.2. The van der Waals surface area contributed by atoms with Gasteiger partial charge in [-0.15, -0.1) is 11.8 Å². The van der Waals surface area contributed by atoms with Crippen LogP contribution in [0.5, 0.6) is 0 Å². The first-order valence-electron chi connectivity index (χ1n) is 5.44. The number of thioether (sulfide) groups is 1. The van der Waals surface area contributed by atoms with Gasteiger partial charge >= 0.3 is 0 Å². The number of nitrogens with zero attached hydrogens (tertiary/aromatic N) is 2. The zero-order valence-electron chi connectivity index (χ0n) is 9.26. The lowest BCUT2D eigenvalue weighted by atomic mass is 9.95. The molecule has 0 amide bonds. The summed E-state index contributed by atoms with van der Waals surface area (Å²) in [7, 11) is 0. The third-order valence-electron chi connectivity index (χ3n) is 2.92. The number of nitro groups is 1. The van der Waals surface area contributed by atoms with Gasteiger partial charge < -0.3 is 0 Å². The smallest absolute Gasteiger partial charge is 0.258 e. The summed E-state index contributed by atoms with van der Waals surface area (Å²) in [5.41, 5.74) is 0.966. The summed E-state index contributed by atoms with van der Waals surface area (Å²) in [4.78, 5) is 10.3. The van der Waals surface area contributed by atoms with E-state index in [4.69, 9.17) is 0 Å². The van der Waals surface area contributed by atoms with Crippen molar-refractivity contribution in [3.63, 3.8) is 0 Å². The Bertz CT molecular complexity index is 476. The lowest BCUT2D eigenvalue weighted by Crippen LogP contribution is -2.21. The summed E-state index contributed by atoms with van der Waals surface area (Å²) in [6.07, 6.45) is 2.51. The fourth-order valence-electron chi connectivity index (χ4n) is 2.07. The molecule has 1 aliphatic rings. The molecule has 0 radical (unpaired) electrons. The van der Waals surface area contributed by atoms with Gasteiger partial charge in [0.05, 0.1) is 11.0 Å². The summed E-state index contributed by atoms with van der Waals surface area (Å²) in [6.45, 7) is 0. The van der Waals surface area contributed by atoms with E-state index in [1.165, 1.54) is 6.07 Å². The van der Waals surface area contributed by atoms with Crippen molar-refractivity contribution >= 4 is 17.4 Å². The highest BCUT2D eigenvalue weighted by molar-refractivity contribution is 8.01. The van der Waals surface area contributed by atoms with E-state index in [0.29, 0.717) is 6.42 Å². The van der Waals surface area contributed by atoms with E-state index in [2.05, 4.69) is 6.07 Å². The first kappa shape index (κ1) is 11.9. The van der Waals surface area contributed by atoms with Gasteiger partial charge in [0.2, 0.25) is 0 Å². The number of hydrogen-bond acceptors (Lipinski definition) is 4. The molecule has 0 saturated carbocycles. The van der Waals surface area contributed by atoms with Crippen LogP contribution in [0.15, 0.2) is 24.3 Å². The predicted molar refractivity (Wildman–Crippen MR) is 66.8 cm³/mol. The molecule has 1 aromatic carbocycles. The number of benzene rings is 1. The van der Waals surface area contributed by atoms with E-state index in [-0.39, 0.29) is 10.4 Å². The Labute approximate surface area is 104 Å². The fourth-order valence-corrected chi connectivity index (χ4v) is 3.38. The van der Waals surface area contributed by atoms with Crippen LogP contribution in [-0.2, 0) is 6.42 Å². The minimum absolute atomic E-state index is 0.0959. The SMILES string of the molecule is N#CC1(Cc2cccc([N+](=O)[O-])c2)CCCS1.